The van der Waals surface area contributed by atoms with Crippen LogP contribution in [0.15, 0.2) is 0 Å². The molecule has 0 saturated carbocycles. The Bertz CT molecular complexity index is 108. The minimum absolute atomic E-state index is 0.0690. The molecule has 0 aliphatic heterocycles. The zero-order valence-corrected chi connectivity index (χ0v) is 9.19. The minimum Gasteiger partial charge on any atom is -0.325 e. The second-order valence-corrected chi connectivity index (χ2v) is 4.15. The molecule has 0 aromatic carbocycles. The average Bonchev–Trinajstić information content (AvgIpc) is 1.99. The molecule has 2 unspecified atom stereocenters. The van der Waals surface area contributed by atoms with E-state index in [1.165, 1.54) is 25.7 Å². The highest BCUT2D eigenvalue weighted by Crippen LogP contribution is 2.26. The number of hydrogen-bond acceptors (Lipinski definition) is 1. The summed E-state index contributed by atoms with van der Waals surface area (Å²) >= 11 is 0. The normalized spacial score (nSPS) is 18.8. The first-order chi connectivity index (χ1) is 5.58. The average molecular weight is 171 g/mol. The first-order valence-electron chi connectivity index (χ1n) is 5.37. The molecule has 0 amide bonds. The molecule has 0 aliphatic rings. The topological polar surface area (TPSA) is 26.0 Å². The maximum atomic E-state index is 6.27. The summed E-state index contributed by atoms with van der Waals surface area (Å²) in [5, 5.41) is 0. The van der Waals surface area contributed by atoms with Crippen molar-refractivity contribution in [2.45, 2.75) is 65.3 Å². The third-order valence-corrected chi connectivity index (χ3v) is 2.85. The highest BCUT2D eigenvalue weighted by Gasteiger charge is 2.26. The third kappa shape index (κ3) is 3.57. The van der Waals surface area contributed by atoms with Crippen molar-refractivity contribution in [3.63, 3.8) is 0 Å². The SMILES string of the molecule is CCCC(CC)C(C)(N)CCC. The van der Waals surface area contributed by atoms with Gasteiger partial charge in [0.05, 0.1) is 0 Å². The van der Waals surface area contributed by atoms with Crippen molar-refractivity contribution in [2.24, 2.45) is 11.7 Å². The van der Waals surface area contributed by atoms with Crippen molar-refractivity contribution in [1.82, 2.24) is 0 Å². The van der Waals surface area contributed by atoms with Gasteiger partial charge in [0.15, 0.2) is 0 Å². The van der Waals surface area contributed by atoms with E-state index in [2.05, 4.69) is 27.7 Å². The van der Waals surface area contributed by atoms with E-state index < -0.39 is 0 Å². The van der Waals surface area contributed by atoms with Gasteiger partial charge in [-0.15, -0.1) is 0 Å². The molecule has 0 saturated heterocycles. The molecule has 0 aromatic heterocycles. The molecule has 0 aliphatic carbocycles. The maximum absolute atomic E-state index is 6.27. The van der Waals surface area contributed by atoms with Crippen molar-refractivity contribution in [1.29, 1.82) is 0 Å². The summed E-state index contributed by atoms with van der Waals surface area (Å²) in [6, 6.07) is 0. The molecular formula is C11H25N. The summed E-state index contributed by atoms with van der Waals surface area (Å²) in [6.07, 6.45) is 6.12. The highest BCUT2D eigenvalue weighted by atomic mass is 14.7. The summed E-state index contributed by atoms with van der Waals surface area (Å²) in [6.45, 7) is 8.91. The molecule has 0 heterocycles. The van der Waals surface area contributed by atoms with E-state index in [0.717, 1.165) is 6.42 Å². The van der Waals surface area contributed by atoms with Crippen LogP contribution in [0.4, 0.5) is 0 Å². The fraction of sp³-hybridized carbons (Fsp3) is 1.00. The summed E-state index contributed by atoms with van der Waals surface area (Å²) in [5.41, 5.74) is 6.34. The van der Waals surface area contributed by atoms with Crippen LogP contribution in [0.2, 0.25) is 0 Å². The van der Waals surface area contributed by atoms with Gasteiger partial charge in [-0.1, -0.05) is 40.0 Å². The van der Waals surface area contributed by atoms with Crippen molar-refractivity contribution in [3.05, 3.63) is 0 Å². The van der Waals surface area contributed by atoms with Gasteiger partial charge in [-0.3, -0.25) is 0 Å². The second-order valence-electron chi connectivity index (χ2n) is 4.15. The van der Waals surface area contributed by atoms with Crippen molar-refractivity contribution in [2.75, 3.05) is 0 Å². The molecule has 1 heteroatoms. The Balaban J connectivity index is 4.05. The lowest BCUT2D eigenvalue weighted by atomic mass is 9.79. The lowest BCUT2D eigenvalue weighted by molar-refractivity contribution is 0.249. The Morgan fingerprint density at radius 3 is 2.08 bits per heavy atom. The molecule has 0 spiro atoms. The van der Waals surface area contributed by atoms with E-state index in [1.807, 2.05) is 0 Å². The van der Waals surface area contributed by atoms with Crippen LogP contribution in [-0.4, -0.2) is 5.54 Å². The van der Waals surface area contributed by atoms with Crippen LogP contribution in [0.3, 0.4) is 0 Å². The van der Waals surface area contributed by atoms with E-state index in [-0.39, 0.29) is 5.54 Å². The lowest BCUT2D eigenvalue weighted by Gasteiger charge is -2.33. The van der Waals surface area contributed by atoms with Gasteiger partial charge in [-0.05, 0) is 25.7 Å². The van der Waals surface area contributed by atoms with Crippen LogP contribution in [0.25, 0.3) is 0 Å². The monoisotopic (exact) mass is 171 g/mol. The van der Waals surface area contributed by atoms with Gasteiger partial charge in [0.2, 0.25) is 0 Å². The molecule has 0 bridgehead atoms. The van der Waals surface area contributed by atoms with E-state index in [9.17, 15) is 0 Å². The van der Waals surface area contributed by atoms with Crippen LogP contribution in [0, 0.1) is 5.92 Å². The molecular weight excluding hydrogens is 146 g/mol. The zero-order valence-electron chi connectivity index (χ0n) is 9.19. The molecule has 2 atom stereocenters. The largest absolute Gasteiger partial charge is 0.325 e. The fourth-order valence-electron chi connectivity index (χ4n) is 2.09. The number of nitrogens with two attached hydrogens (primary N) is 1. The van der Waals surface area contributed by atoms with Gasteiger partial charge in [0.25, 0.3) is 0 Å². The predicted molar refractivity (Wildman–Crippen MR) is 56.2 cm³/mol. The van der Waals surface area contributed by atoms with Gasteiger partial charge in [-0.25, -0.2) is 0 Å². The quantitative estimate of drug-likeness (QED) is 0.652. The standard InChI is InChI=1S/C11H25N/c1-5-8-10(7-3)11(4,12)9-6-2/h10H,5-9,12H2,1-4H3. The molecule has 12 heavy (non-hydrogen) atoms. The molecule has 2 N–H and O–H groups in total. The van der Waals surface area contributed by atoms with Crippen LogP contribution in [0.1, 0.15) is 59.8 Å². The summed E-state index contributed by atoms with van der Waals surface area (Å²) in [5.74, 6) is 0.711. The Hall–Kier alpha value is -0.0400. The summed E-state index contributed by atoms with van der Waals surface area (Å²) in [7, 11) is 0. The Labute approximate surface area is 77.7 Å². The zero-order chi connectivity index (χ0) is 9.61. The molecule has 0 rings (SSSR count). The number of rotatable bonds is 6. The van der Waals surface area contributed by atoms with Crippen molar-refractivity contribution < 1.29 is 0 Å². The highest BCUT2D eigenvalue weighted by molar-refractivity contribution is 4.85. The van der Waals surface area contributed by atoms with Gasteiger partial charge in [0, 0.05) is 5.54 Å². The van der Waals surface area contributed by atoms with Gasteiger partial charge in [0.1, 0.15) is 0 Å². The summed E-state index contributed by atoms with van der Waals surface area (Å²) < 4.78 is 0. The molecule has 74 valence electrons. The van der Waals surface area contributed by atoms with Crippen molar-refractivity contribution >= 4 is 0 Å². The van der Waals surface area contributed by atoms with Crippen LogP contribution >= 0.6 is 0 Å². The van der Waals surface area contributed by atoms with E-state index in [1.54, 1.807) is 0 Å². The molecule has 1 nitrogen and oxygen atoms in total. The van der Waals surface area contributed by atoms with E-state index in [4.69, 9.17) is 5.73 Å². The van der Waals surface area contributed by atoms with Gasteiger partial charge < -0.3 is 5.73 Å². The Morgan fingerprint density at radius 1 is 1.17 bits per heavy atom. The molecule has 0 radical (unpaired) electrons. The van der Waals surface area contributed by atoms with Crippen molar-refractivity contribution in [3.8, 4) is 0 Å². The smallest absolute Gasteiger partial charge is 0.0154 e. The number of hydrogen-bond donors (Lipinski definition) is 1. The predicted octanol–water partition coefficient (Wildman–Crippen LogP) is 3.33. The van der Waals surface area contributed by atoms with E-state index in [0.29, 0.717) is 5.92 Å². The van der Waals surface area contributed by atoms with Crippen LogP contribution in [0.5, 0.6) is 0 Å². The van der Waals surface area contributed by atoms with Gasteiger partial charge in [-0.2, -0.15) is 0 Å². The maximum Gasteiger partial charge on any atom is 0.0154 e. The molecule has 0 fully saturated rings. The van der Waals surface area contributed by atoms with Gasteiger partial charge >= 0.3 is 0 Å². The van der Waals surface area contributed by atoms with Crippen LogP contribution < -0.4 is 5.73 Å². The lowest BCUT2D eigenvalue weighted by Crippen LogP contribution is -2.43. The first kappa shape index (κ1) is 12.0. The Morgan fingerprint density at radius 2 is 1.75 bits per heavy atom. The van der Waals surface area contributed by atoms with E-state index >= 15 is 0 Å². The van der Waals surface area contributed by atoms with Crippen LogP contribution in [-0.2, 0) is 0 Å². The minimum atomic E-state index is 0.0690. The third-order valence-electron chi connectivity index (χ3n) is 2.85. The fourth-order valence-corrected chi connectivity index (χ4v) is 2.09. The summed E-state index contributed by atoms with van der Waals surface area (Å²) in [4.78, 5) is 0. The Kier molecular flexibility index (Phi) is 5.56. The first-order valence-corrected chi connectivity index (χ1v) is 5.37. The molecule has 0 aromatic rings. The second kappa shape index (κ2) is 5.58.